The second-order valence-corrected chi connectivity index (χ2v) is 6.80. The second-order valence-electron chi connectivity index (χ2n) is 5.72. The van der Waals surface area contributed by atoms with Gasteiger partial charge in [0.2, 0.25) is 0 Å². The topological polar surface area (TPSA) is 42.0 Å². The molecule has 0 spiro atoms. The van der Waals surface area contributed by atoms with E-state index >= 15 is 0 Å². The van der Waals surface area contributed by atoms with Gasteiger partial charge in [-0.05, 0) is 50.3 Å². The standard InChI is InChI=1S/C17H19FN2OS/c1-11-8-9-12(18)10-13(11)16(21)20-17-19-14-6-4-2-3-5-7-15(14)22-17/h8-10H,2-7H2,1H3,(H,19,20,21). The number of fused-ring (bicyclic) bond motifs is 1. The maximum absolute atomic E-state index is 13.3. The van der Waals surface area contributed by atoms with E-state index < -0.39 is 5.82 Å². The predicted octanol–water partition coefficient (Wildman–Crippen LogP) is 4.50. The molecule has 0 atom stereocenters. The highest BCUT2D eigenvalue weighted by Gasteiger charge is 2.16. The van der Waals surface area contributed by atoms with Gasteiger partial charge in [0.1, 0.15) is 5.82 Å². The lowest BCUT2D eigenvalue weighted by atomic mass is 10.0. The number of carbonyl (C=O) groups excluding carboxylic acids is 1. The summed E-state index contributed by atoms with van der Waals surface area (Å²) in [5, 5.41) is 3.45. The molecule has 116 valence electrons. The highest BCUT2D eigenvalue weighted by atomic mass is 32.1. The van der Waals surface area contributed by atoms with Gasteiger partial charge in [-0.25, -0.2) is 9.37 Å². The Kier molecular flexibility index (Phi) is 4.52. The van der Waals surface area contributed by atoms with E-state index in [1.165, 1.54) is 36.3 Å². The Morgan fingerprint density at radius 1 is 1.23 bits per heavy atom. The van der Waals surface area contributed by atoms with Crippen molar-refractivity contribution in [2.24, 2.45) is 0 Å². The van der Waals surface area contributed by atoms with Crippen LogP contribution in [-0.2, 0) is 12.8 Å². The van der Waals surface area contributed by atoms with E-state index in [-0.39, 0.29) is 5.91 Å². The quantitative estimate of drug-likeness (QED) is 0.885. The van der Waals surface area contributed by atoms with Crippen LogP contribution < -0.4 is 5.32 Å². The SMILES string of the molecule is Cc1ccc(F)cc1C(=O)Nc1nc2c(s1)CCCCCC2. The first-order valence-corrected chi connectivity index (χ1v) is 8.51. The number of nitrogens with zero attached hydrogens (tertiary/aromatic N) is 1. The molecule has 2 aromatic rings. The molecule has 1 heterocycles. The molecule has 3 rings (SSSR count). The molecule has 0 unspecified atom stereocenters. The highest BCUT2D eigenvalue weighted by molar-refractivity contribution is 7.15. The van der Waals surface area contributed by atoms with E-state index in [0.717, 1.165) is 30.5 Å². The number of thiazole rings is 1. The van der Waals surface area contributed by atoms with Gasteiger partial charge in [-0.3, -0.25) is 10.1 Å². The van der Waals surface area contributed by atoms with Crippen LogP contribution in [0, 0.1) is 12.7 Å². The molecule has 0 saturated heterocycles. The second kappa shape index (κ2) is 6.57. The maximum Gasteiger partial charge on any atom is 0.257 e. The number of hydrogen-bond acceptors (Lipinski definition) is 3. The van der Waals surface area contributed by atoms with Crippen molar-refractivity contribution in [1.29, 1.82) is 0 Å². The molecule has 22 heavy (non-hydrogen) atoms. The van der Waals surface area contributed by atoms with Gasteiger partial charge in [0.25, 0.3) is 5.91 Å². The molecule has 3 nitrogen and oxygen atoms in total. The van der Waals surface area contributed by atoms with Crippen molar-refractivity contribution in [1.82, 2.24) is 4.98 Å². The van der Waals surface area contributed by atoms with E-state index in [1.807, 2.05) is 0 Å². The van der Waals surface area contributed by atoms with Crippen LogP contribution in [0.3, 0.4) is 0 Å². The Hall–Kier alpha value is -1.75. The van der Waals surface area contributed by atoms with Crippen LogP contribution in [0.5, 0.6) is 0 Å². The Bertz CT molecular complexity index is 670. The minimum Gasteiger partial charge on any atom is -0.298 e. The molecule has 1 aliphatic carbocycles. The van der Waals surface area contributed by atoms with Gasteiger partial charge in [-0.1, -0.05) is 18.9 Å². The first-order valence-electron chi connectivity index (χ1n) is 7.69. The Morgan fingerprint density at radius 2 is 2.00 bits per heavy atom. The molecule has 1 amide bonds. The average Bonchev–Trinajstić information content (AvgIpc) is 2.82. The van der Waals surface area contributed by atoms with Crippen LogP contribution in [0.2, 0.25) is 0 Å². The molecular formula is C17H19FN2OS. The molecule has 1 aliphatic rings. The van der Waals surface area contributed by atoms with Crippen molar-refractivity contribution in [3.63, 3.8) is 0 Å². The van der Waals surface area contributed by atoms with Gasteiger partial charge in [-0.2, -0.15) is 0 Å². The molecule has 1 N–H and O–H groups in total. The summed E-state index contributed by atoms with van der Waals surface area (Å²) in [7, 11) is 0. The summed E-state index contributed by atoms with van der Waals surface area (Å²) in [4.78, 5) is 18.2. The Balaban J connectivity index is 1.79. The van der Waals surface area contributed by atoms with Crippen molar-refractivity contribution in [3.8, 4) is 0 Å². The molecule has 0 bridgehead atoms. The minimum absolute atomic E-state index is 0.293. The highest BCUT2D eigenvalue weighted by Crippen LogP contribution is 2.29. The summed E-state index contributed by atoms with van der Waals surface area (Å²) in [6.45, 7) is 1.80. The summed E-state index contributed by atoms with van der Waals surface area (Å²) >= 11 is 1.55. The normalized spacial score (nSPS) is 14.8. The number of halogens is 1. The number of amides is 1. The average molecular weight is 318 g/mol. The van der Waals surface area contributed by atoms with E-state index in [1.54, 1.807) is 24.3 Å². The lowest BCUT2D eigenvalue weighted by molar-refractivity contribution is 0.102. The van der Waals surface area contributed by atoms with Crippen molar-refractivity contribution in [2.75, 3.05) is 5.32 Å². The largest absolute Gasteiger partial charge is 0.298 e. The van der Waals surface area contributed by atoms with E-state index in [9.17, 15) is 9.18 Å². The third-order valence-corrected chi connectivity index (χ3v) is 5.08. The molecule has 5 heteroatoms. The molecule has 0 saturated carbocycles. The zero-order valence-corrected chi connectivity index (χ0v) is 13.4. The fraction of sp³-hybridized carbons (Fsp3) is 0.412. The molecule has 0 fully saturated rings. The zero-order chi connectivity index (χ0) is 15.5. The van der Waals surface area contributed by atoms with Crippen LogP contribution in [0.4, 0.5) is 9.52 Å². The monoisotopic (exact) mass is 318 g/mol. The number of aromatic nitrogens is 1. The zero-order valence-electron chi connectivity index (χ0n) is 12.6. The molecule has 1 aromatic carbocycles. The molecular weight excluding hydrogens is 299 g/mol. The number of anilines is 1. The summed E-state index contributed by atoms with van der Waals surface area (Å²) in [5.74, 6) is -0.694. The first kappa shape index (κ1) is 15.2. The summed E-state index contributed by atoms with van der Waals surface area (Å²) in [6, 6.07) is 4.25. The number of rotatable bonds is 2. The Labute approximate surface area is 133 Å². The number of carbonyl (C=O) groups is 1. The number of benzene rings is 1. The third kappa shape index (κ3) is 3.35. The van der Waals surface area contributed by atoms with Crippen LogP contribution in [0.15, 0.2) is 18.2 Å². The Morgan fingerprint density at radius 3 is 2.82 bits per heavy atom. The minimum atomic E-state index is -0.401. The van der Waals surface area contributed by atoms with Gasteiger partial charge < -0.3 is 0 Å². The van der Waals surface area contributed by atoms with E-state index in [0.29, 0.717) is 10.7 Å². The lowest BCUT2D eigenvalue weighted by Gasteiger charge is -2.06. The molecule has 0 aliphatic heterocycles. The predicted molar refractivity (Wildman–Crippen MR) is 87.1 cm³/mol. The first-order chi connectivity index (χ1) is 10.6. The van der Waals surface area contributed by atoms with E-state index in [2.05, 4.69) is 10.3 Å². The van der Waals surface area contributed by atoms with Crippen molar-refractivity contribution < 1.29 is 9.18 Å². The van der Waals surface area contributed by atoms with Crippen molar-refractivity contribution in [2.45, 2.75) is 45.4 Å². The van der Waals surface area contributed by atoms with Crippen LogP contribution in [0.1, 0.15) is 52.2 Å². The van der Waals surface area contributed by atoms with Crippen molar-refractivity contribution >= 4 is 22.4 Å². The number of nitrogens with one attached hydrogen (secondary N) is 1. The van der Waals surface area contributed by atoms with E-state index in [4.69, 9.17) is 0 Å². The smallest absolute Gasteiger partial charge is 0.257 e. The van der Waals surface area contributed by atoms with Gasteiger partial charge in [0, 0.05) is 10.4 Å². The third-order valence-electron chi connectivity index (χ3n) is 4.01. The van der Waals surface area contributed by atoms with Crippen LogP contribution >= 0.6 is 11.3 Å². The summed E-state index contributed by atoms with van der Waals surface area (Å²) in [6.07, 6.45) is 6.89. The lowest BCUT2D eigenvalue weighted by Crippen LogP contribution is -2.13. The van der Waals surface area contributed by atoms with Gasteiger partial charge in [0.05, 0.1) is 5.69 Å². The maximum atomic E-state index is 13.3. The van der Waals surface area contributed by atoms with Crippen molar-refractivity contribution in [3.05, 3.63) is 45.7 Å². The van der Waals surface area contributed by atoms with Crippen LogP contribution in [-0.4, -0.2) is 10.9 Å². The summed E-state index contributed by atoms with van der Waals surface area (Å²) < 4.78 is 13.3. The fourth-order valence-corrected chi connectivity index (χ4v) is 3.81. The van der Waals surface area contributed by atoms with Crippen LogP contribution in [0.25, 0.3) is 0 Å². The van der Waals surface area contributed by atoms with Gasteiger partial charge >= 0.3 is 0 Å². The number of aryl methyl sites for hydroxylation is 3. The fourth-order valence-electron chi connectivity index (χ4n) is 2.76. The summed E-state index contributed by atoms with van der Waals surface area (Å²) in [5.41, 5.74) is 2.24. The molecule has 1 aromatic heterocycles. The molecule has 0 radical (unpaired) electrons. The van der Waals surface area contributed by atoms with Gasteiger partial charge in [-0.15, -0.1) is 11.3 Å². The van der Waals surface area contributed by atoms with Gasteiger partial charge in [0.15, 0.2) is 5.13 Å². The number of hydrogen-bond donors (Lipinski definition) is 1.